The smallest absolute Gasteiger partial charge is 0.162 e. The van der Waals surface area contributed by atoms with Crippen LogP contribution in [0.3, 0.4) is 0 Å². The molecule has 0 heterocycles. The van der Waals surface area contributed by atoms with E-state index >= 15 is 0 Å². The van der Waals surface area contributed by atoms with Gasteiger partial charge in [-0.25, -0.2) is 8.78 Å². The van der Waals surface area contributed by atoms with Gasteiger partial charge in [0.25, 0.3) is 0 Å². The topological polar surface area (TPSA) is 0 Å². The lowest BCUT2D eigenvalue weighted by molar-refractivity contribution is 0.261. The highest BCUT2D eigenvalue weighted by molar-refractivity contribution is 5.71. The fourth-order valence-corrected chi connectivity index (χ4v) is 5.38. The molecule has 188 valence electrons. The zero-order valence-electron chi connectivity index (χ0n) is 21.6. The van der Waals surface area contributed by atoms with Crippen LogP contribution < -0.4 is 0 Å². The summed E-state index contributed by atoms with van der Waals surface area (Å²) in [6, 6.07) is 26.3. The van der Waals surface area contributed by atoms with Crippen molar-refractivity contribution in [2.24, 2.45) is 11.8 Å². The van der Waals surface area contributed by atoms with Crippen molar-refractivity contribution in [3.05, 3.63) is 113 Å². The second-order valence-electron chi connectivity index (χ2n) is 10.4. The highest BCUT2D eigenvalue weighted by Crippen LogP contribution is 2.39. The van der Waals surface area contributed by atoms with E-state index < -0.39 is 11.7 Å². The van der Waals surface area contributed by atoms with Crippen molar-refractivity contribution in [1.82, 2.24) is 0 Å². The molecular formula is C34H38F2. The molecule has 0 saturated heterocycles. The summed E-state index contributed by atoms with van der Waals surface area (Å²) in [5, 5.41) is 0. The van der Waals surface area contributed by atoms with Gasteiger partial charge in [0.05, 0.1) is 0 Å². The first-order valence-corrected chi connectivity index (χ1v) is 13.5. The molecule has 1 saturated carbocycles. The maximum absolute atomic E-state index is 14.9. The minimum atomic E-state index is -0.690. The fourth-order valence-electron chi connectivity index (χ4n) is 5.38. The molecule has 3 aromatic carbocycles. The molecule has 0 nitrogen and oxygen atoms in total. The Morgan fingerprint density at radius 3 is 1.97 bits per heavy atom. The van der Waals surface area contributed by atoms with E-state index in [0.29, 0.717) is 17.4 Å². The van der Waals surface area contributed by atoms with E-state index in [-0.39, 0.29) is 5.92 Å². The van der Waals surface area contributed by atoms with Crippen molar-refractivity contribution in [3.63, 3.8) is 0 Å². The number of hydrogen-bond acceptors (Lipinski definition) is 0. The quantitative estimate of drug-likeness (QED) is 0.265. The van der Waals surface area contributed by atoms with E-state index in [4.69, 9.17) is 0 Å². The van der Waals surface area contributed by atoms with Crippen LogP contribution in [0.4, 0.5) is 8.78 Å². The lowest BCUT2D eigenvalue weighted by atomic mass is 9.79. The van der Waals surface area contributed by atoms with Gasteiger partial charge in [-0.1, -0.05) is 118 Å². The summed E-state index contributed by atoms with van der Waals surface area (Å²) >= 11 is 0. The highest BCUT2D eigenvalue weighted by atomic mass is 19.2. The summed E-state index contributed by atoms with van der Waals surface area (Å²) in [5.41, 5.74) is 5.09. The van der Waals surface area contributed by atoms with Gasteiger partial charge < -0.3 is 0 Å². The van der Waals surface area contributed by atoms with Crippen LogP contribution in [0.25, 0.3) is 18.0 Å². The molecule has 0 aliphatic heterocycles. The van der Waals surface area contributed by atoms with E-state index in [2.05, 4.69) is 74.5 Å². The largest absolute Gasteiger partial charge is 0.208 e. The number of hydrogen-bond donors (Lipinski definition) is 0. The molecule has 1 aliphatic carbocycles. The summed E-state index contributed by atoms with van der Waals surface area (Å²) < 4.78 is 29.7. The summed E-state index contributed by atoms with van der Waals surface area (Å²) in [6.45, 7) is 4.45. The van der Waals surface area contributed by atoms with Crippen LogP contribution in [-0.4, -0.2) is 0 Å². The lowest BCUT2D eigenvalue weighted by Gasteiger charge is -2.27. The first-order valence-electron chi connectivity index (χ1n) is 13.5. The van der Waals surface area contributed by atoms with Crippen LogP contribution in [0, 0.1) is 11.8 Å². The minimum Gasteiger partial charge on any atom is -0.208 e. The number of allylic oxidation sites excluding steroid dienone is 1. The minimum absolute atomic E-state index is 0.267. The molecule has 1 fully saturated rings. The molecule has 36 heavy (non-hydrogen) atoms. The van der Waals surface area contributed by atoms with E-state index in [1.807, 2.05) is 18.2 Å². The monoisotopic (exact) mass is 484 g/mol. The number of benzene rings is 3. The summed E-state index contributed by atoms with van der Waals surface area (Å²) in [4.78, 5) is 0. The Labute approximate surface area is 215 Å². The Balaban J connectivity index is 1.33. The average molecular weight is 485 g/mol. The molecule has 2 heteroatoms. The standard InChI is InChI=1S/C34H38F2/c1-3-7-26-16-20-31(21-17-26)33(35)34(36)32-22-18-28(19-23-32)11-10-27-12-14-29(15-13-27)24-25(2)30-8-5-4-6-9-30/h4-6,8-15,18-19,22-23,25-26,31H,3,7,16-17,20-21,24H2,1-2H3/b11-10?,34-33+/t25-,26?,31?/m0/s1. The Bertz CT molecular complexity index is 1130. The van der Waals surface area contributed by atoms with Gasteiger partial charge in [0.1, 0.15) is 5.83 Å². The van der Waals surface area contributed by atoms with Crippen molar-refractivity contribution >= 4 is 18.0 Å². The fraction of sp³-hybridized carbons (Fsp3) is 0.353. The van der Waals surface area contributed by atoms with E-state index in [9.17, 15) is 8.78 Å². The third-order valence-corrected chi connectivity index (χ3v) is 7.63. The van der Waals surface area contributed by atoms with Gasteiger partial charge in [-0.2, -0.15) is 0 Å². The van der Waals surface area contributed by atoms with Crippen LogP contribution in [0.2, 0.25) is 0 Å². The third kappa shape index (κ3) is 7.03. The van der Waals surface area contributed by atoms with Gasteiger partial charge in [-0.3, -0.25) is 0 Å². The van der Waals surface area contributed by atoms with E-state index in [1.54, 1.807) is 12.1 Å². The Hall–Kier alpha value is -3.00. The molecular weight excluding hydrogens is 446 g/mol. The van der Waals surface area contributed by atoms with Crippen molar-refractivity contribution in [2.75, 3.05) is 0 Å². The predicted molar refractivity (Wildman–Crippen MR) is 150 cm³/mol. The van der Waals surface area contributed by atoms with Crippen molar-refractivity contribution in [2.45, 2.75) is 64.7 Å². The molecule has 1 aliphatic rings. The zero-order valence-corrected chi connectivity index (χ0v) is 21.6. The average Bonchev–Trinajstić information content (AvgIpc) is 2.93. The molecule has 0 bridgehead atoms. The van der Waals surface area contributed by atoms with E-state index in [1.165, 1.54) is 24.0 Å². The van der Waals surface area contributed by atoms with Crippen molar-refractivity contribution in [1.29, 1.82) is 0 Å². The van der Waals surface area contributed by atoms with Gasteiger partial charge in [0.15, 0.2) is 5.83 Å². The SMILES string of the molecule is CCCC1CCC(/C(F)=C(\F)c2ccc(C=Cc3ccc(C[C@H](C)c4ccccc4)cc3)cc2)CC1. The second kappa shape index (κ2) is 12.8. The second-order valence-corrected chi connectivity index (χ2v) is 10.4. The molecule has 0 N–H and O–H groups in total. The van der Waals surface area contributed by atoms with Crippen LogP contribution in [-0.2, 0) is 6.42 Å². The molecule has 0 amide bonds. The predicted octanol–water partition coefficient (Wildman–Crippen LogP) is 10.4. The number of rotatable bonds is 9. The summed E-state index contributed by atoms with van der Waals surface area (Å²) in [7, 11) is 0. The molecule has 1 atom stereocenters. The van der Waals surface area contributed by atoms with Crippen LogP contribution in [0.5, 0.6) is 0 Å². The molecule has 0 aromatic heterocycles. The summed E-state index contributed by atoms with van der Waals surface area (Å²) in [6.07, 6.45) is 11.0. The maximum Gasteiger partial charge on any atom is 0.162 e. The highest BCUT2D eigenvalue weighted by Gasteiger charge is 2.26. The molecule has 0 radical (unpaired) electrons. The Morgan fingerprint density at radius 2 is 1.39 bits per heavy atom. The molecule has 0 spiro atoms. The van der Waals surface area contributed by atoms with Crippen LogP contribution in [0.15, 0.2) is 84.7 Å². The zero-order chi connectivity index (χ0) is 25.3. The number of halogens is 2. The first kappa shape index (κ1) is 26.1. The van der Waals surface area contributed by atoms with E-state index in [0.717, 1.165) is 43.2 Å². The van der Waals surface area contributed by atoms with Gasteiger partial charge in [0.2, 0.25) is 0 Å². The summed E-state index contributed by atoms with van der Waals surface area (Å²) in [5.74, 6) is -0.361. The van der Waals surface area contributed by atoms with Crippen molar-refractivity contribution in [3.8, 4) is 0 Å². The maximum atomic E-state index is 14.9. The Kier molecular flexibility index (Phi) is 9.28. The molecule has 0 unspecified atom stereocenters. The lowest BCUT2D eigenvalue weighted by Crippen LogP contribution is -2.15. The van der Waals surface area contributed by atoms with Gasteiger partial charge in [-0.05, 0) is 66.2 Å². The van der Waals surface area contributed by atoms with Gasteiger partial charge in [-0.15, -0.1) is 0 Å². The van der Waals surface area contributed by atoms with Gasteiger partial charge in [0, 0.05) is 11.5 Å². The van der Waals surface area contributed by atoms with Crippen molar-refractivity contribution < 1.29 is 8.78 Å². The first-order chi connectivity index (χ1) is 17.5. The molecule has 4 rings (SSSR count). The van der Waals surface area contributed by atoms with Crippen LogP contribution >= 0.6 is 0 Å². The third-order valence-electron chi connectivity index (χ3n) is 7.63. The molecule has 3 aromatic rings. The van der Waals surface area contributed by atoms with Crippen LogP contribution in [0.1, 0.15) is 86.1 Å². The Morgan fingerprint density at radius 1 is 0.806 bits per heavy atom. The van der Waals surface area contributed by atoms with Gasteiger partial charge >= 0.3 is 0 Å². The normalized spacial score (nSPS) is 19.8.